The minimum Gasteiger partial charge on any atom is -0.494 e. The average Bonchev–Trinajstić information content (AvgIpc) is 3.25. The number of halogens is 1. The Morgan fingerprint density at radius 2 is 1.97 bits per heavy atom. The van der Waals surface area contributed by atoms with Gasteiger partial charge in [0.15, 0.2) is 0 Å². The number of carbonyl (C=O) groups excluding carboxylic acids is 1. The highest BCUT2D eigenvalue weighted by atomic mass is 35.5. The van der Waals surface area contributed by atoms with Gasteiger partial charge in [0.25, 0.3) is 5.91 Å². The van der Waals surface area contributed by atoms with Gasteiger partial charge in [0.2, 0.25) is 11.7 Å². The minimum atomic E-state index is 0.00943. The number of ether oxygens (including phenoxy) is 1. The molecule has 0 saturated carbocycles. The predicted molar refractivity (Wildman–Crippen MR) is 110 cm³/mol. The van der Waals surface area contributed by atoms with Crippen LogP contribution in [0.5, 0.6) is 5.75 Å². The van der Waals surface area contributed by atoms with E-state index in [9.17, 15) is 4.79 Å². The Labute approximate surface area is 174 Å². The maximum Gasteiger partial charge on any atom is 0.253 e. The number of benzene rings is 2. The van der Waals surface area contributed by atoms with E-state index in [0.29, 0.717) is 35.5 Å². The van der Waals surface area contributed by atoms with Crippen LogP contribution < -0.4 is 4.74 Å². The molecule has 1 atom stereocenters. The van der Waals surface area contributed by atoms with Gasteiger partial charge in [-0.2, -0.15) is 4.98 Å². The number of piperidine rings is 1. The van der Waals surface area contributed by atoms with Crippen LogP contribution >= 0.6 is 11.6 Å². The Morgan fingerprint density at radius 3 is 2.69 bits per heavy atom. The third kappa shape index (κ3) is 4.43. The molecule has 1 saturated heterocycles. The number of hydrogen-bond donors (Lipinski definition) is 0. The molecule has 1 fully saturated rings. The van der Waals surface area contributed by atoms with Crippen molar-refractivity contribution in [2.24, 2.45) is 0 Å². The first-order valence-corrected chi connectivity index (χ1v) is 10.1. The van der Waals surface area contributed by atoms with Crippen LogP contribution in [-0.4, -0.2) is 40.6 Å². The summed E-state index contributed by atoms with van der Waals surface area (Å²) < 4.78 is 11.0. The fourth-order valence-electron chi connectivity index (χ4n) is 3.52. The molecule has 6 nitrogen and oxygen atoms in total. The van der Waals surface area contributed by atoms with Crippen molar-refractivity contribution in [2.75, 3.05) is 19.7 Å². The molecule has 1 amide bonds. The van der Waals surface area contributed by atoms with Crippen molar-refractivity contribution in [2.45, 2.75) is 25.7 Å². The summed E-state index contributed by atoms with van der Waals surface area (Å²) in [4.78, 5) is 19.3. The molecule has 29 heavy (non-hydrogen) atoms. The Morgan fingerprint density at radius 1 is 1.21 bits per heavy atom. The molecule has 0 radical (unpaired) electrons. The van der Waals surface area contributed by atoms with Gasteiger partial charge < -0.3 is 14.2 Å². The maximum absolute atomic E-state index is 12.9. The number of likely N-dealkylation sites (tertiary alicyclic amines) is 1. The van der Waals surface area contributed by atoms with Crippen LogP contribution in [0.1, 0.15) is 41.9 Å². The van der Waals surface area contributed by atoms with Gasteiger partial charge in [-0.25, -0.2) is 0 Å². The Kier molecular flexibility index (Phi) is 5.81. The van der Waals surface area contributed by atoms with Crippen LogP contribution in [0.4, 0.5) is 0 Å². The lowest BCUT2D eigenvalue weighted by molar-refractivity contribution is 0.0695. The van der Waals surface area contributed by atoms with Crippen LogP contribution in [-0.2, 0) is 0 Å². The van der Waals surface area contributed by atoms with E-state index in [1.807, 2.05) is 48.2 Å². The van der Waals surface area contributed by atoms with Gasteiger partial charge >= 0.3 is 0 Å². The maximum atomic E-state index is 12.9. The lowest BCUT2D eigenvalue weighted by Gasteiger charge is -2.31. The summed E-state index contributed by atoms with van der Waals surface area (Å²) in [6.45, 7) is 3.82. The molecule has 150 valence electrons. The van der Waals surface area contributed by atoms with E-state index in [2.05, 4.69) is 10.1 Å². The SMILES string of the molecule is CCOc1ccc(C(=O)N2CCC[C@@H](c3nc(-c4ccc(Cl)cc4)no3)C2)cc1. The summed E-state index contributed by atoms with van der Waals surface area (Å²) in [7, 11) is 0. The fraction of sp³-hybridized carbons (Fsp3) is 0.318. The van der Waals surface area contributed by atoms with Gasteiger partial charge in [-0.3, -0.25) is 4.79 Å². The van der Waals surface area contributed by atoms with Crippen molar-refractivity contribution in [1.82, 2.24) is 15.0 Å². The third-order valence-corrected chi connectivity index (χ3v) is 5.27. The smallest absolute Gasteiger partial charge is 0.253 e. The molecule has 2 heterocycles. The average molecular weight is 412 g/mol. The number of nitrogens with zero attached hydrogens (tertiary/aromatic N) is 3. The van der Waals surface area contributed by atoms with Crippen molar-refractivity contribution in [3.05, 3.63) is 65.0 Å². The monoisotopic (exact) mass is 411 g/mol. The fourth-order valence-corrected chi connectivity index (χ4v) is 3.65. The first-order chi connectivity index (χ1) is 14.1. The highest BCUT2D eigenvalue weighted by molar-refractivity contribution is 6.30. The molecular formula is C22H22ClN3O3. The van der Waals surface area contributed by atoms with Gasteiger partial charge in [-0.15, -0.1) is 0 Å². The van der Waals surface area contributed by atoms with E-state index >= 15 is 0 Å². The van der Waals surface area contributed by atoms with E-state index in [4.69, 9.17) is 20.9 Å². The van der Waals surface area contributed by atoms with Crippen molar-refractivity contribution >= 4 is 17.5 Å². The highest BCUT2D eigenvalue weighted by Gasteiger charge is 2.29. The lowest BCUT2D eigenvalue weighted by Crippen LogP contribution is -2.39. The molecule has 1 aliphatic rings. The van der Waals surface area contributed by atoms with E-state index in [0.717, 1.165) is 30.7 Å². The van der Waals surface area contributed by atoms with Gasteiger partial charge in [0.1, 0.15) is 5.75 Å². The zero-order valence-corrected chi connectivity index (χ0v) is 16.9. The topological polar surface area (TPSA) is 68.5 Å². The first-order valence-electron chi connectivity index (χ1n) is 9.75. The molecular weight excluding hydrogens is 390 g/mol. The molecule has 0 bridgehead atoms. The highest BCUT2D eigenvalue weighted by Crippen LogP contribution is 2.29. The standard InChI is InChI=1S/C22H22ClN3O3/c1-2-28-19-11-7-16(8-12-19)22(27)26-13-3-4-17(14-26)21-24-20(25-29-21)15-5-9-18(23)10-6-15/h5-12,17H,2-4,13-14H2,1H3/t17-/m1/s1. The van der Waals surface area contributed by atoms with Crippen LogP contribution in [0.3, 0.4) is 0 Å². The first kappa shape index (κ1) is 19.5. The second-order valence-electron chi connectivity index (χ2n) is 7.01. The summed E-state index contributed by atoms with van der Waals surface area (Å²) in [6, 6.07) is 14.6. The summed E-state index contributed by atoms with van der Waals surface area (Å²) >= 11 is 5.94. The summed E-state index contributed by atoms with van der Waals surface area (Å²) in [5.41, 5.74) is 1.50. The van der Waals surface area contributed by atoms with Crippen LogP contribution in [0, 0.1) is 0 Å². The van der Waals surface area contributed by atoms with Crippen LogP contribution in [0.25, 0.3) is 11.4 Å². The van der Waals surface area contributed by atoms with Crippen molar-refractivity contribution < 1.29 is 14.1 Å². The summed E-state index contributed by atoms with van der Waals surface area (Å²) in [6.07, 6.45) is 1.81. The normalized spacial score (nSPS) is 16.6. The van der Waals surface area contributed by atoms with Crippen LogP contribution in [0.2, 0.25) is 5.02 Å². The number of amides is 1. The summed E-state index contributed by atoms with van der Waals surface area (Å²) in [5.74, 6) is 1.91. The lowest BCUT2D eigenvalue weighted by atomic mass is 9.97. The molecule has 1 aliphatic heterocycles. The van der Waals surface area contributed by atoms with Gasteiger partial charge in [0, 0.05) is 29.2 Å². The molecule has 1 aromatic heterocycles. The molecule has 0 N–H and O–H groups in total. The number of carbonyl (C=O) groups is 1. The number of hydrogen-bond acceptors (Lipinski definition) is 5. The predicted octanol–water partition coefficient (Wildman–Crippen LogP) is 4.81. The molecule has 3 aromatic rings. The molecule has 0 unspecified atom stereocenters. The Hall–Kier alpha value is -2.86. The molecule has 0 spiro atoms. The Balaban J connectivity index is 1.45. The summed E-state index contributed by atoms with van der Waals surface area (Å²) in [5, 5.41) is 4.76. The second-order valence-corrected chi connectivity index (χ2v) is 7.45. The Bertz CT molecular complexity index is 970. The molecule has 4 rings (SSSR count). The van der Waals surface area contributed by atoms with Crippen LogP contribution in [0.15, 0.2) is 53.1 Å². The zero-order valence-electron chi connectivity index (χ0n) is 16.2. The largest absolute Gasteiger partial charge is 0.494 e. The zero-order chi connectivity index (χ0) is 20.2. The van der Waals surface area contributed by atoms with E-state index < -0.39 is 0 Å². The van der Waals surface area contributed by atoms with Gasteiger partial charge in [-0.1, -0.05) is 16.8 Å². The van der Waals surface area contributed by atoms with Crippen molar-refractivity contribution in [1.29, 1.82) is 0 Å². The van der Waals surface area contributed by atoms with Gasteiger partial charge in [-0.05, 0) is 68.3 Å². The van der Waals surface area contributed by atoms with Crippen molar-refractivity contribution in [3.63, 3.8) is 0 Å². The van der Waals surface area contributed by atoms with E-state index in [1.165, 1.54) is 0 Å². The minimum absolute atomic E-state index is 0.00943. The van der Waals surface area contributed by atoms with E-state index in [-0.39, 0.29) is 11.8 Å². The van der Waals surface area contributed by atoms with E-state index in [1.54, 1.807) is 12.1 Å². The molecule has 0 aliphatic carbocycles. The molecule has 2 aromatic carbocycles. The van der Waals surface area contributed by atoms with Gasteiger partial charge in [0.05, 0.1) is 12.5 Å². The third-order valence-electron chi connectivity index (χ3n) is 5.01. The second kappa shape index (κ2) is 8.66. The number of rotatable bonds is 5. The van der Waals surface area contributed by atoms with Crippen molar-refractivity contribution in [3.8, 4) is 17.1 Å². The quantitative estimate of drug-likeness (QED) is 0.602. The molecule has 7 heteroatoms. The number of aromatic nitrogens is 2.